The lowest BCUT2D eigenvalue weighted by atomic mass is 10.1. The Morgan fingerprint density at radius 2 is 1.53 bits per heavy atom. The molecule has 4 aromatic rings. The van der Waals surface area contributed by atoms with Crippen LogP contribution in [0.1, 0.15) is 28.4 Å². The van der Waals surface area contributed by atoms with Crippen LogP contribution >= 0.6 is 0 Å². The standard InChI is InChI=1S/C31H32N2O3/c1-2-35-29-16-15-26(21-27(29)23-36-30-14-8-12-25-11-6-7-13-28(25)30)31(34)33-19-17-32(18-20-33)22-24-9-4-3-5-10-24/h3-16,21H,2,17-20,22-23H2,1H3. The Kier molecular flexibility index (Phi) is 7.48. The Morgan fingerprint density at radius 1 is 0.778 bits per heavy atom. The summed E-state index contributed by atoms with van der Waals surface area (Å²) in [6.45, 7) is 6.95. The van der Waals surface area contributed by atoms with E-state index in [9.17, 15) is 4.79 Å². The molecule has 1 amide bonds. The van der Waals surface area contributed by atoms with E-state index >= 15 is 0 Å². The zero-order valence-electron chi connectivity index (χ0n) is 20.7. The van der Waals surface area contributed by atoms with Crippen LogP contribution in [-0.2, 0) is 13.2 Å². The summed E-state index contributed by atoms with van der Waals surface area (Å²) in [6, 6.07) is 30.4. The fraction of sp³-hybridized carbons (Fsp3) is 0.258. The lowest BCUT2D eigenvalue weighted by Gasteiger charge is -2.35. The summed E-state index contributed by atoms with van der Waals surface area (Å²) in [4.78, 5) is 17.7. The van der Waals surface area contributed by atoms with Crippen LogP contribution in [0.5, 0.6) is 11.5 Å². The Hall–Kier alpha value is -3.83. The zero-order chi connectivity index (χ0) is 24.7. The quantitative estimate of drug-likeness (QED) is 0.321. The molecule has 0 aromatic heterocycles. The molecular weight excluding hydrogens is 448 g/mol. The number of hydrogen-bond donors (Lipinski definition) is 0. The lowest BCUT2D eigenvalue weighted by molar-refractivity contribution is 0.0628. The van der Waals surface area contributed by atoms with Gasteiger partial charge in [0.2, 0.25) is 0 Å². The molecule has 0 saturated carbocycles. The summed E-state index contributed by atoms with van der Waals surface area (Å²) in [7, 11) is 0. The third-order valence-corrected chi connectivity index (χ3v) is 6.65. The Labute approximate surface area is 212 Å². The number of benzene rings is 4. The normalized spacial score (nSPS) is 14.1. The highest BCUT2D eigenvalue weighted by molar-refractivity contribution is 5.94. The summed E-state index contributed by atoms with van der Waals surface area (Å²) in [5.74, 6) is 1.63. The Morgan fingerprint density at radius 3 is 2.33 bits per heavy atom. The van der Waals surface area contributed by atoms with Crippen molar-refractivity contribution < 1.29 is 14.3 Å². The summed E-state index contributed by atoms with van der Waals surface area (Å²) < 4.78 is 12.1. The van der Waals surface area contributed by atoms with Crippen molar-refractivity contribution in [2.24, 2.45) is 0 Å². The molecule has 1 saturated heterocycles. The number of nitrogens with zero attached hydrogens (tertiary/aromatic N) is 2. The van der Waals surface area contributed by atoms with Gasteiger partial charge in [-0.25, -0.2) is 0 Å². The molecule has 0 bridgehead atoms. The maximum atomic E-state index is 13.4. The maximum Gasteiger partial charge on any atom is 0.253 e. The highest BCUT2D eigenvalue weighted by Crippen LogP contribution is 2.28. The van der Waals surface area contributed by atoms with E-state index in [1.807, 2.05) is 60.4 Å². The summed E-state index contributed by atoms with van der Waals surface area (Å²) in [5, 5.41) is 2.20. The van der Waals surface area contributed by atoms with E-state index < -0.39 is 0 Å². The highest BCUT2D eigenvalue weighted by Gasteiger charge is 2.23. The second-order valence-corrected chi connectivity index (χ2v) is 9.08. The number of carbonyl (C=O) groups is 1. The first-order valence-corrected chi connectivity index (χ1v) is 12.6. The second-order valence-electron chi connectivity index (χ2n) is 9.08. The van der Waals surface area contributed by atoms with E-state index in [2.05, 4.69) is 47.4 Å². The summed E-state index contributed by atoms with van der Waals surface area (Å²) in [5.41, 5.74) is 2.85. The second kappa shape index (κ2) is 11.3. The molecule has 4 aromatic carbocycles. The third kappa shape index (κ3) is 5.52. The van der Waals surface area contributed by atoms with Crippen molar-refractivity contribution in [3.63, 3.8) is 0 Å². The largest absolute Gasteiger partial charge is 0.493 e. The predicted octanol–water partition coefficient (Wildman–Crippen LogP) is 5.78. The van der Waals surface area contributed by atoms with Crippen molar-refractivity contribution in [3.05, 3.63) is 108 Å². The number of hydrogen-bond acceptors (Lipinski definition) is 4. The molecule has 36 heavy (non-hydrogen) atoms. The molecule has 1 fully saturated rings. The van der Waals surface area contributed by atoms with Crippen molar-refractivity contribution in [3.8, 4) is 11.5 Å². The fourth-order valence-electron chi connectivity index (χ4n) is 4.73. The lowest BCUT2D eigenvalue weighted by Crippen LogP contribution is -2.48. The van der Waals surface area contributed by atoms with Gasteiger partial charge in [0.25, 0.3) is 5.91 Å². The Bertz CT molecular complexity index is 1310. The topological polar surface area (TPSA) is 42.0 Å². The maximum absolute atomic E-state index is 13.4. The van der Waals surface area contributed by atoms with E-state index in [1.165, 1.54) is 5.56 Å². The molecule has 0 radical (unpaired) electrons. The molecule has 1 aliphatic heterocycles. The molecular formula is C31H32N2O3. The van der Waals surface area contributed by atoms with E-state index in [0.29, 0.717) is 18.8 Å². The predicted molar refractivity (Wildman–Crippen MR) is 144 cm³/mol. The monoisotopic (exact) mass is 480 g/mol. The van der Waals surface area contributed by atoms with Crippen molar-refractivity contribution in [1.29, 1.82) is 0 Å². The number of fused-ring (bicyclic) bond motifs is 1. The first kappa shape index (κ1) is 23.9. The third-order valence-electron chi connectivity index (χ3n) is 6.65. The number of piperazine rings is 1. The van der Waals surface area contributed by atoms with Gasteiger partial charge >= 0.3 is 0 Å². The van der Waals surface area contributed by atoms with Crippen LogP contribution in [0.15, 0.2) is 91.0 Å². The first-order chi connectivity index (χ1) is 17.7. The zero-order valence-corrected chi connectivity index (χ0v) is 20.7. The Balaban J connectivity index is 1.27. The SMILES string of the molecule is CCOc1ccc(C(=O)N2CCN(Cc3ccccc3)CC2)cc1COc1cccc2ccccc12. The average Bonchev–Trinajstić information content (AvgIpc) is 2.93. The number of amides is 1. The molecule has 5 heteroatoms. The van der Waals surface area contributed by atoms with Crippen LogP contribution in [0.25, 0.3) is 10.8 Å². The van der Waals surface area contributed by atoms with Gasteiger partial charge in [0.1, 0.15) is 18.1 Å². The van der Waals surface area contributed by atoms with Gasteiger partial charge in [-0.1, -0.05) is 66.7 Å². The van der Waals surface area contributed by atoms with Gasteiger partial charge in [0, 0.05) is 49.2 Å². The molecule has 5 rings (SSSR count). The van der Waals surface area contributed by atoms with Crippen LogP contribution in [-0.4, -0.2) is 48.5 Å². The van der Waals surface area contributed by atoms with Crippen LogP contribution in [0.3, 0.4) is 0 Å². The molecule has 184 valence electrons. The minimum absolute atomic E-state index is 0.0591. The van der Waals surface area contributed by atoms with Crippen LogP contribution in [0.2, 0.25) is 0 Å². The van der Waals surface area contributed by atoms with Crippen molar-refractivity contribution in [2.75, 3.05) is 32.8 Å². The fourth-order valence-corrected chi connectivity index (χ4v) is 4.73. The van der Waals surface area contributed by atoms with Gasteiger partial charge in [-0.3, -0.25) is 9.69 Å². The van der Waals surface area contributed by atoms with E-state index in [0.717, 1.165) is 60.6 Å². The van der Waals surface area contributed by atoms with Gasteiger partial charge in [-0.15, -0.1) is 0 Å². The van der Waals surface area contributed by atoms with Crippen molar-refractivity contribution >= 4 is 16.7 Å². The smallest absolute Gasteiger partial charge is 0.253 e. The number of rotatable bonds is 8. The molecule has 1 heterocycles. The van der Waals surface area contributed by atoms with Crippen LogP contribution in [0, 0.1) is 0 Å². The first-order valence-electron chi connectivity index (χ1n) is 12.6. The van der Waals surface area contributed by atoms with Crippen molar-refractivity contribution in [1.82, 2.24) is 9.80 Å². The van der Waals surface area contributed by atoms with Gasteiger partial charge in [-0.05, 0) is 42.1 Å². The van der Waals surface area contributed by atoms with E-state index in [4.69, 9.17) is 9.47 Å². The number of carbonyl (C=O) groups excluding carboxylic acids is 1. The molecule has 1 aliphatic rings. The molecule has 0 N–H and O–H groups in total. The van der Waals surface area contributed by atoms with Crippen LogP contribution < -0.4 is 9.47 Å². The summed E-state index contributed by atoms with van der Waals surface area (Å²) in [6.07, 6.45) is 0. The minimum Gasteiger partial charge on any atom is -0.493 e. The van der Waals surface area contributed by atoms with Crippen molar-refractivity contribution in [2.45, 2.75) is 20.1 Å². The molecule has 0 unspecified atom stereocenters. The van der Waals surface area contributed by atoms with Gasteiger partial charge in [-0.2, -0.15) is 0 Å². The summed E-state index contributed by atoms with van der Waals surface area (Å²) >= 11 is 0. The van der Waals surface area contributed by atoms with E-state index in [-0.39, 0.29) is 5.91 Å². The number of ether oxygens (including phenoxy) is 2. The van der Waals surface area contributed by atoms with Gasteiger partial charge < -0.3 is 14.4 Å². The van der Waals surface area contributed by atoms with Crippen LogP contribution in [0.4, 0.5) is 0 Å². The molecule has 5 nitrogen and oxygen atoms in total. The minimum atomic E-state index is 0.0591. The molecule has 0 atom stereocenters. The van der Waals surface area contributed by atoms with E-state index in [1.54, 1.807) is 0 Å². The highest BCUT2D eigenvalue weighted by atomic mass is 16.5. The van der Waals surface area contributed by atoms with Gasteiger partial charge in [0.05, 0.1) is 6.61 Å². The average molecular weight is 481 g/mol. The molecule has 0 aliphatic carbocycles. The van der Waals surface area contributed by atoms with Gasteiger partial charge in [0.15, 0.2) is 0 Å². The molecule has 0 spiro atoms.